The Morgan fingerprint density at radius 3 is 2.67 bits per heavy atom. The summed E-state index contributed by atoms with van der Waals surface area (Å²) in [7, 11) is 0. The van der Waals surface area contributed by atoms with E-state index in [2.05, 4.69) is 10.8 Å². The van der Waals surface area contributed by atoms with E-state index in [0.717, 1.165) is 29.7 Å². The van der Waals surface area contributed by atoms with E-state index in [4.69, 9.17) is 16.3 Å². The first kappa shape index (κ1) is 20.9. The Bertz CT molecular complexity index is 1020. The molecule has 2 atom stereocenters. The van der Waals surface area contributed by atoms with Gasteiger partial charge in [-0.05, 0) is 67.3 Å². The Balaban J connectivity index is 1.60. The summed E-state index contributed by atoms with van der Waals surface area (Å²) >= 11 is 7.51. The summed E-state index contributed by atoms with van der Waals surface area (Å²) in [5.41, 5.74) is 2.26. The standard InChI is InChI=1S/C22H21ClN2O4S/c23-18-10-20(29-16-5-4-15(26)9-16)19(7-14(18)11-24)25-30-21-8-13(22(27)28)3-6-17(21)12-1-2-12/h3,6-8,10,12,15-16,25-26H,1-2,4-5,9H2,(H,27,28). The molecule has 2 fully saturated rings. The van der Waals surface area contributed by atoms with Crippen LogP contribution < -0.4 is 9.46 Å². The van der Waals surface area contributed by atoms with Crippen LogP contribution in [0, 0.1) is 11.3 Å². The van der Waals surface area contributed by atoms with E-state index < -0.39 is 5.97 Å². The van der Waals surface area contributed by atoms with Gasteiger partial charge >= 0.3 is 5.97 Å². The molecule has 0 spiro atoms. The molecule has 0 aromatic heterocycles. The van der Waals surface area contributed by atoms with Gasteiger partial charge in [0.25, 0.3) is 0 Å². The SMILES string of the molecule is N#Cc1cc(NSc2cc(C(=O)O)ccc2C2CC2)c(OC2CCC(O)C2)cc1Cl. The van der Waals surface area contributed by atoms with Gasteiger partial charge < -0.3 is 19.7 Å². The van der Waals surface area contributed by atoms with Crippen molar-refractivity contribution >= 4 is 35.2 Å². The molecule has 2 aromatic rings. The van der Waals surface area contributed by atoms with E-state index in [1.165, 1.54) is 11.9 Å². The van der Waals surface area contributed by atoms with Crippen LogP contribution in [0.1, 0.15) is 59.5 Å². The van der Waals surface area contributed by atoms with Crippen molar-refractivity contribution in [3.8, 4) is 11.8 Å². The van der Waals surface area contributed by atoms with E-state index in [-0.39, 0.29) is 17.8 Å². The van der Waals surface area contributed by atoms with E-state index in [0.29, 0.717) is 40.8 Å². The zero-order valence-electron chi connectivity index (χ0n) is 16.1. The molecule has 2 saturated carbocycles. The average Bonchev–Trinajstić information content (AvgIpc) is 3.49. The van der Waals surface area contributed by atoms with Crippen LogP contribution in [0.5, 0.6) is 5.75 Å². The van der Waals surface area contributed by atoms with Crippen LogP contribution in [0.3, 0.4) is 0 Å². The number of ether oxygens (including phenoxy) is 1. The number of benzene rings is 2. The molecular formula is C22H21ClN2O4S. The van der Waals surface area contributed by atoms with Gasteiger partial charge in [-0.25, -0.2) is 4.79 Å². The van der Waals surface area contributed by atoms with Gasteiger partial charge in [-0.2, -0.15) is 5.26 Å². The van der Waals surface area contributed by atoms with Crippen molar-refractivity contribution in [2.24, 2.45) is 0 Å². The summed E-state index contributed by atoms with van der Waals surface area (Å²) in [5.74, 6) is -0.0121. The number of aliphatic hydroxyl groups is 1. The predicted octanol–water partition coefficient (Wildman–Crippen LogP) is 5.20. The first-order valence-corrected chi connectivity index (χ1v) is 11.0. The van der Waals surface area contributed by atoms with Gasteiger partial charge in [-0.3, -0.25) is 0 Å². The minimum atomic E-state index is -0.971. The fourth-order valence-electron chi connectivity index (χ4n) is 3.62. The maximum Gasteiger partial charge on any atom is 0.335 e. The number of aliphatic hydroxyl groups excluding tert-OH is 1. The molecule has 2 unspecified atom stereocenters. The average molecular weight is 445 g/mol. The van der Waals surface area contributed by atoms with Crippen molar-refractivity contribution < 1.29 is 19.7 Å². The Hall–Kier alpha value is -2.40. The van der Waals surface area contributed by atoms with Crippen molar-refractivity contribution in [1.29, 1.82) is 5.26 Å². The molecule has 3 N–H and O–H groups in total. The van der Waals surface area contributed by atoms with E-state index in [1.54, 1.807) is 24.3 Å². The number of carboxylic acids is 1. The largest absolute Gasteiger partial charge is 0.488 e. The molecule has 4 rings (SSSR count). The van der Waals surface area contributed by atoms with E-state index >= 15 is 0 Å². The minimum Gasteiger partial charge on any atom is -0.488 e. The molecule has 2 aliphatic rings. The lowest BCUT2D eigenvalue weighted by atomic mass is 10.1. The number of halogens is 1. The third kappa shape index (κ3) is 4.67. The molecule has 2 aliphatic carbocycles. The van der Waals surface area contributed by atoms with Crippen LogP contribution in [0.25, 0.3) is 0 Å². The number of nitriles is 1. The first-order chi connectivity index (χ1) is 14.4. The Morgan fingerprint density at radius 2 is 2.03 bits per heavy atom. The van der Waals surface area contributed by atoms with Gasteiger partial charge in [0, 0.05) is 17.4 Å². The minimum absolute atomic E-state index is 0.119. The highest BCUT2D eigenvalue weighted by Crippen LogP contribution is 2.45. The topological polar surface area (TPSA) is 103 Å². The van der Waals surface area contributed by atoms with Crippen LogP contribution >= 0.6 is 23.5 Å². The molecule has 0 bridgehead atoms. The zero-order valence-corrected chi connectivity index (χ0v) is 17.7. The van der Waals surface area contributed by atoms with Crippen LogP contribution in [0.4, 0.5) is 5.69 Å². The molecule has 0 radical (unpaired) electrons. The van der Waals surface area contributed by atoms with Gasteiger partial charge in [0.1, 0.15) is 17.9 Å². The highest BCUT2D eigenvalue weighted by atomic mass is 35.5. The fraction of sp³-hybridized carbons (Fsp3) is 0.364. The van der Waals surface area contributed by atoms with Crippen LogP contribution in [0.15, 0.2) is 35.2 Å². The molecule has 6 nitrogen and oxygen atoms in total. The molecule has 156 valence electrons. The summed E-state index contributed by atoms with van der Waals surface area (Å²) in [6.45, 7) is 0. The second-order valence-electron chi connectivity index (χ2n) is 7.68. The van der Waals surface area contributed by atoms with Gasteiger partial charge in [-0.15, -0.1) is 0 Å². The number of anilines is 1. The van der Waals surface area contributed by atoms with Crippen molar-refractivity contribution in [1.82, 2.24) is 0 Å². The lowest BCUT2D eigenvalue weighted by Crippen LogP contribution is -2.14. The van der Waals surface area contributed by atoms with E-state index in [9.17, 15) is 20.3 Å². The monoisotopic (exact) mass is 444 g/mol. The number of carbonyl (C=O) groups is 1. The second-order valence-corrected chi connectivity index (χ2v) is 8.94. The summed E-state index contributed by atoms with van der Waals surface area (Å²) < 4.78 is 9.31. The normalized spacial score (nSPS) is 20.6. The third-order valence-corrected chi connectivity index (χ3v) is 6.60. The third-order valence-electron chi connectivity index (χ3n) is 5.39. The molecule has 2 aromatic carbocycles. The number of hydrogen-bond acceptors (Lipinski definition) is 6. The van der Waals surface area contributed by atoms with Gasteiger partial charge in [0.15, 0.2) is 0 Å². The maximum atomic E-state index is 11.4. The summed E-state index contributed by atoms with van der Waals surface area (Å²) in [6, 6.07) is 10.5. The summed E-state index contributed by atoms with van der Waals surface area (Å²) in [5, 5.41) is 28.8. The smallest absolute Gasteiger partial charge is 0.335 e. The molecule has 0 aliphatic heterocycles. The Morgan fingerprint density at radius 1 is 1.23 bits per heavy atom. The number of nitrogens with one attached hydrogen (secondary N) is 1. The molecule has 8 heteroatoms. The number of carboxylic acid groups (broad SMARTS) is 1. The quantitative estimate of drug-likeness (QED) is 0.504. The zero-order chi connectivity index (χ0) is 21.3. The Labute approximate surface area is 183 Å². The van der Waals surface area contributed by atoms with Gasteiger partial charge in [0.05, 0.1) is 27.9 Å². The molecule has 0 amide bonds. The molecule has 0 saturated heterocycles. The highest BCUT2D eigenvalue weighted by molar-refractivity contribution is 8.00. The predicted molar refractivity (Wildman–Crippen MR) is 115 cm³/mol. The molecule has 0 heterocycles. The highest BCUT2D eigenvalue weighted by Gasteiger charge is 2.28. The van der Waals surface area contributed by atoms with Crippen molar-refractivity contribution in [2.45, 2.75) is 55.1 Å². The lowest BCUT2D eigenvalue weighted by Gasteiger charge is -2.19. The van der Waals surface area contributed by atoms with Crippen molar-refractivity contribution in [3.05, 3.63) is 52.0 Å². The van der Waals surface area contributed by atoms with Crippen LogP contribution in [-0.2, 0) is 0 Å². The maximum absolute atomic E-state index is 11.4. The summed E-state index contributed by atoms with van der Waals surface area (Å²) in [4.78, 5) is 12.2. The molecule has 30 heavy (non-hydrogen) atoms. The van der Waals surface area contributed by atoms with Crippen molar-refractivity contribution in [2.75, 3.05) is 4.72 Å². The van der Waals surface area contributed by atoms with Gasteiger partial charge in [-0.1, -0.05) is 17.7 Å². The number of hydrogen-bond donors (Lipinski definition) is 3. The second kappa shape index (κ2) is 8.76. The first-order valence-electron chi connectivity index (χ1n) is 9.83. The lowest BCUT2D eigenvalue weighted by molar-refractivity contribution is 0.0696. The number of nitrogens with zero attached hydrogens (tertiary/aromatic N) is 1. The molecular weight excluding hydrogens is 424 g/mol. The van der Waals surface area contributed by atoms with E-state index in [1.807, 2.05) is 6.07 Å². The number of rotatable bonds is 7. The van der Waals surface area contributed by atoms with Crippen molar-refractivity contribution in [3.63, 3.8) is 0 Å². The van der Waals surface area contributed by atoms with Crippen LogP contribution in [0.2, 0.25) is 5.02 Å². The fourth-order valence-corrected chi connectivity index (χ4v) is 4.73. The summed E-state index contributed by atoms with van der Waals surface area (Å²) in [6.07, 6.45) is 3.70. The van der Waals surface area contributed by atoms with Crippen LogP contribution in [-0.4, -0.2) is 28.4 Å². The Kier molecular flexibility index (Phi) is 6.09. The van der Waals surface area contributed by atoms with Gasteiger partial charge in [0.2, 0.25) is 0 Å². The number of aromatic carboxylic acids is 1.